The van der Waals surface area contributed by atoms with Crippen LogP contribution in [0.5, 0.6) is 0 Å². The Morgan fingerprint density at radius 1 is 1.00 bits per heavy atom. The van der Waals surface area contributed by atoms with Crippen molar-refractivity contribution in [2.45, 2.75) is 6.10 Å². The van der Waals surface area contributed by atoms with Gasteiger partial charge in [-0.2, -0.15) is 0 Å². The SMILES string of the molecule is O=[N+]([O-])c1ccc([C@H](O)CN2CCN(c3ccccc3)CC2)cc1. The first kappa shape index (κ1) is 16.4. The third-order valence-corrected chi connectivity index (χ3v) is 4.41. The van der Waals surface area contributed by atoms with Gasteiger partial charge in [0.15, 0.2) is 0 Å². The number of nitro benzene ring substituents is 1. The van der Waals surface area contributed by atoms with Gasteiger partial charge in [-0.05, 0) is 29.8 Å². The fourth-order valence-corrected chi connectivity index (χ4v) is 3.00. The summed E-state index contributed by atoms with van der Waals surface area (Å²) < 4.78 is 0. The molecule has 0 spiro atoms. The van der Waals surface area contributed by atoms with Crippen molar-refractivity contribution in [3.8, 4) is 0 Å². The van der Waals surface area contributed by atoms with Crippen molar-refractivity contribution < 1.29 is 10.0 Å². The van der Waals surface area contributed by atoms with Gasteiger partial charge in [0.1, 0.15) is 0 Å². The molecule has 0 radical (unpaired) electrons. The lowest BCUT2D eigenvalue weighted by Crippen LogP contribution is -2.47. The molecule has 1 N–H and O–H groups in total. The van der Waals surface area contributed by atoms with Crippen molar-refractivity contribution in [1.82, 2.24) is 4.90 Å². The van der Waals surface area contributed by atoms with Gasteiger partial charge in [-0.3, -0.25) is 15.0 Å². The number of aliphatic hydroxyl groups is 1. The number of nitro groups is 1. The van der Waals surface area contributed by atoms with Crippen LogP contribution >= 0.6 is 0 Å². The van der Waals surface area contributed by atoms with E-state index in [-0.39, 0.29) is 5.69 Å². The molecule has 2 aromatic rings. The molecule has 3 rings (SSSR count). The summed E-state index contributed by atoms with van der Waals surface area (Å²) in [7, 11) is 0. The first-order valence-corrected chi connectivity index (χ1v) is 8.08. The summed E-state index contributed by atoms with van der Waals surface area (Å²) in [6.07, 6.45) is -0.630. The fourth-order valence-electron chi connectivity index (χ4n) is 3.00. The molecule has 24 heavy (non-hydrogen) atoms. The molecule has 6 nitrogen and oxygen atoms in total. The summed E-state index contributed by atoms with van der Waals surface area (Å²) in [6, 6.07) is 16.5. The number of piperazine rings is 1. The third-order valence-electron chi connectivity index (χ3n) is 4.41. The van der Waals surface area contributed by atoms with Crippen molar-refractivity contribution in [1.29, 1.82) is 0 Å². The molecule has 126 valence electrons. The monoisotopic (exact) mass is 327 g/mol. The van der Waals surface area contributed by atoms with Gasteiger partial charge in [0.2, 0.25) is 0 Å². The maximum absolute atomic E-state index is 10.7. The normalized spacial score (nSPS) is 16.8. The molecule has 1 atom stereocenters. The van der Waals surface area contributed by atoms with E-state index in [1.54, 1.807) is 12.1 Å². The molecule has 6 heteroatoms. The number of benzene rings is 2. The lowest BCUT2D eigenvalue weighted by Gasteiger charge is -2.37. The van der Waals surface area contributed by atoms with Gasteiger partial charge in [0, 0.05) is 50.5 Å². The smallest absolute Gasteiger partial charge is 0.269 e. The predicted octanol–water partition coefficient (Wildman–Crippen LogP) is 2.45. The number of rotatable bonds is 5. The number of hydrogen-bond donors (Lipinski definition) is 1. The van der Waals surface area contributed by atoms with Gasteiger partial charge < -0.3 is 10.0 Å². The summed E-state index contributed by atoms with van der Waals surface area (Å²) in [4.78, 5) is 14.8. The highest BCUT2D eigenvalue weighted by molar-refractivity contribution is 5.46. The Kier molecular flexibility index (Phi) is 5.08. The van der Waals surface area contributed by atoms with Crippen molar-refractivity contribution in [3.63, 3.8) is 0 Å². The maximum atomic E-state index is 10.7. The zero-order valence-electron chi connectivity index (χ0n) is 13.4. The number of nitrogens with zero attached hydrogens (tertiary/aromatic N) is 3. The topological polar surface area (TPSA) is 69.8 Å². The highest BCUT2D eigenvalue weighted by Gasteiger charge is 2.20. The summed E-state index contributed by atoms with van der Waals surface area (Å²) in [5.41, 5.74) is 1.99. The molecule has 0 saturated carbocycles. The average molecular weight is 327 g/mol. The van der Waals surface area contributed by atoms with Crippen LogP contribution in [0.2, 0.25) is 0 Å². The standard InChI is InChI=1S/C18H21N3O3/c22-18(15-6-8-17(9-7-15)21(23)24)14-19-10-12-20(13-11-19)16-4-2-1-3-5-16/h1-9,18,22H,10-14H2/t18-/m1/s1. The van der Waals surface area contributed by atoms with Crippen LogP contribution in [0.4, 0.5) is 11.4 Å². The number of β-amino-alcohol motifs (C(OH)–C–C–N with tert-alkyl or cyclic N) is 1. The first-order valence-electron chi connectivity index (χ1n) is 8.08. The number of hydrogen-bond acceptors (Lipinski definition) is 5. The zero-order valence-corrected chi connectivity index (χ0v) is 13.4. The van der Waals surface area contributed by atoms with Gasteiger partial charge in [-0.1, -0.05) is 18.2 Å². The van der Waals surface area contributed by atoms with Crippen LogP contribution in [-0.4, -0.2) is 47.7 Å². The van der Waals surface area contributed by atoms with Crippen LogP contribution in [0.1, 0.15) is 11.7 Å². The van der Waals surface area contributed by atoms with Crippen LogP contribution in [-0.2, 0) is 0 Å². The lowest BCUT2D eigenvalue weighted by atomic mass is 10.1. The Balaban J connectivity index is 1.53. The summed E-state index contributed by atoms with van der Waals surface area (Å²) in [6.45, 7) is 4.17. The molecule has 0 bridgehead atoms. The van der Waals surface area contributed by atoms with E-state index in [9.17, 15) is 15.2 Å². The molecular formula is C18H21N3O3. The molecule has 1 fully saturated rings. The average Bonchev–Trinajstić information content (AvgIpc) is 2.63. The minimum absolute atomic E-state index is 0.0439. The van der Waals surface area contributed by atoms with Gasteiger partial charge in [-0.15, -0.1) is 0 Å². The fraction of sp³-hybridized carbons (Fsp3) is 0.333. The second-order valence-corrected chi connectivity index (χ2v) is 5.99. The second kappa shape index (κ2) is 7.42. The Labute approximate surface area is 141 Å². The van der Waals surface area contributed by atoms with Crippen LogP contribution in [0.15, 0.2) is 54.6 Å². The van der Waals surface area contributed by atoms with Gasteiger partial charge >= 0.3 is 0 Å². The Morgan fingerprint density at radius 3 is 2.21 bits per heavy atom. The lowest BCUT2D eigenvalue weighted by molar-refractivity contribution is -0.384. The summed E-state index contributed by atoms with van der Waals surface area (Å²) in [5, 5.41) is 21.0. The van der Waals surface area contributed by atoms with Crippen molar-refractivity contribution in [3.05, 3.63) is 70.3 Å². The summed E-state index contributed by atoms with van der Waals surface area (Å²) in [5.74, 6) is 0. The van der Waals surface area contributed by atoms with Crippen LogP contribution in [0.3, 0.4) is 0 Å². The van der Waals surface area contributed by atoms with Crippen LogP contribution in [0, 0.1) is 10.1 Å². The van der Waals surface area contributed by atoms with Crippen molar-refractivity contribution in [2.24, 2.45) is 0 Å². The molecular weight excluding hydrogens is 306 g/mol. The minimum Gasteiger partial charge on any atom is -0.387 e. The van der Waals surface area contributed by atoms with Gasteiger partial charge in [-0.25, -0.2) is 0 Å². The highest BCUT2D eigenvalue weighted by Crippen LogP contribution is 2.20. The van der Waals surface area contributed by atoms with Crippen LogP contribution in [0.25, 0.3) is 0 Å². The maximum Gasteiger partial charge on any atom is 0.269 e. The highest BCUT2D eigenvalue weighted by atomic mass is 16.6. The van der Waals surface area contributed by atoms with E-state index in [0.717, 1.165) is 26.2 Å². The Bertz CT molecular complexity index is 668. The number of anilines is 1. The predicted molar refractivity (Wildman–Crippen MR) is 93.2 cm³/mol. The second-order valence-electron chi connectivity index (χ2n) is 5.99. The van der Waals surface area contributed by atoms with E-state index < -0.39 is 11.0 Å². The van der Waals surface area contributed by atoms with E-state index in [1.807, 2.05) is 18.2 Å². The van der Waals surface area contributed by atoms with Crippen molar-refractivity contribution >= 4 is 11.4 Å². The molecule has 0 amide bonds. The third kappa shape index (κ3) is 3.90. The van der Waals surface area contributed by atoms with Crippen molar-refractivity contribution in [2.75, 3.05) is 37.6 Å². The minimum atomic E-state index is -0.630. The van der Waals surface area contributed by atoms with E-state index >= 15 is 0 Å². The Morgan fingerprint density at radius 2 is 1.62 bits per heavy atom. The molecule has 1 heterocycles. The van der Waals surface area contributed by atoms with E-state index in [4.69, 9.17) is 0 Å². The van der Waals surface area contributed by atoms with E-state index in [2.05, 4.69) is 21.9 Å². The Hall–Kier alpha value is -2.44. The largest absolute Gasteiger partial charge is 0.387 e. The van der Waals surface area contributed by atoms with E-state index in [0.29, 0.717) is 12.1 Å². The molecule has 0 aromatic heterocycles. The molecule has 1 aliphatic heterocycles. The first-order chi connectivity index (χ1) is 11.6. The number of para-hydroxylation sites is 1. The van der Waals surface area contributed by atoms with Gasteiger partial charge in [0.05, 0.1) is 11.0 Å². The quantitative estimate of drug-likeness (QED) is 0.675. The molecule has 0 aliphatic carbocycles. The molecule has 1 saturated heterocycles. The molecule has 1 aliphatic rings. The molecule has 2 aromatic carbocycles. The van der Waals surface area contributed by atoms with Gasteiger partial charge in [0.25, 0.3) is 5.69 Å². The molecule has 0 unspecified atom stereocenters. The number of non-ortho nitro benzene ring substituents is 1. The van der Waals surface area contributed by atoms with E-state index in [1.165, 1.54) is 17.8 Å². The zero-order chi connectivity index (χ0) is 16.9. The summed E-state index contributed by atoms with van der Waals surface area (Å²) >= 11 is 0. The van der Waals surface area contributed by atoms with Crippen LogP contribution < -0.4 is 4.90 Å². The number of aliphatic hydroxyl groups excluding tert-OH is 1.